The number of rotatable bonds is 3. The first-order chi connectivity index (χ1) is 11.9. The summed E-state index contributed by atoms with van der Waals surface area (Å²) in [7, 11) is -1.44. The summed E-state index contributed by atoms with van der Waals surface area (Å²) in [6.07, 6.45) is 6.19. The molecule has 0 aliphatic rings. The maximum absolute atomic E-state index is 4.69. The lowest BCUT2D eigenvalue weighted by Gasteiger charge is -2.09. The minimum atomic E-state index is -1.44. The Hall–Kier alpha value is -2.00. The highest BCUT2D eigenvalue weighted by Crippen LogP contribution is 2.21. The van der Waals surface area contributed by atoms with Gasteiger partial charge in [0.15, 0.2) is 0 Å². The smallest absolute Gasteiger partial charge is 0.137 e. The van der Waals surface area contributed by atoms with E-state index in [1.165, 1.54) is 3.57 Å². The minimum Gasteiger partial charge on any atom is -0.305 e. The van der Waals surface area contributed by atoms with Gasteiger partial charge >= 0.3 is 0 Å². The van der Waals surface area contributed by atoms with Gasteiger partial charge in [-0.05, 0) is 46.9 Å². The molecule has 0 radical (unpaired) electrons. The fourth-order valence-electron chi connectivity index (χ4n) is 2.62. The first kappa shape index (κ1) is 16.5. The first-order valence-electron chi connectivity index (χ1n) is 8.08. The van der Waals surface area contributed by atoms with E-state index in [0.717, 1.165) is 27.9 Å². The van der Waals surface area contributed by atoms with Gasteiger partial charge in [-0.2, -0.15) is 0 Å². The van der Waals surface area contributed by atoms with Crippen LogP contribution in [0.5, 0.6) is 0 Å². The van der Waals surface area contributed by atoms with Crippen molar-refractivity contribution in [1.29, 1.82) is 0 Å². The fourth-order valence-corrected chi connectivity index (χ4v) is 3.96. The van der Waals surface area contributed by atoms with Gasteiger partial charge in [0.1, 0.15) is 13.7 Å². The van der Waals surface area contributed by atoms with E-state index >= 15 is 0 Å². The predicted molar refractivity (Wildman–Crippen MR) is 111 cm³/mol. The second-order valence-corrected chi connectivity index (χ2v) is 13.3. The van der Waals surface area contributed by atoms with Crippen molar-refractivity contribution in [2.75, 3.05) is 0 Å². The molecular formula is C18H18IN5Si. The van der Waals surface area contributed by atoms with Crippen molar-refractivity contribution >= 4 is 41.6 Å². The normalized spacial score (nSPS) is 12.0. The van der Waals surface area contributed by atoms with Crippen LogP contribution in [0.4, 0.5) is 0 Å². The van der Waals surface area contributed by atoms with Gasteiger partial charge in [0.2, 0.25) is 0 Å². The molecule has 0 N–H and O–H groups in total. The highest BCUT2D eigenvalue weighted by molar-refractivity contribution is 14.1. The number of halogens is 1. The number of hydrogen-bond donors (Lipinski definition) is 0. The highest BCUT2D eigenvalue weighted by atomic mass is 127. The Morgan fingerprint density at radius 3 is 2.36 bits per heavy atom. The Bertz CT molecular complexity index is 1040. The van der Waals surface area contributed by atoms with E-state index in [4.69, 9.17) is 4.98 Å². The number of nitrogens with zero attached hydrogens (tertiary/aromatic N) is 5. The van der Waals surface area contributed by atoms with E-state index < -0.39 is 8.07 Å². The quantitative estimate of drug-likeness (QED) is 0.347. The summed E-state index contributed by atoms with van der Waals surface area (Å²) >= 11 is 2.31. The zero-order valence-electron chi connectivity index (χ0n) is 14.3. The summed E-state index contributed by atoms with van der Waals surface area (Å²) in [4.78, 5) is 4.69. The second kappa shape index (κ2) is 6.06. The van der Waals surface area contributed by atoms with Crippen LogP contribution in [-0.4, -0.2) is 32.5 Å². The Kier molecular flexibility index (Phi) is 3.99. The van der Waals surface area contributed by atoms with Crippen LogP contribution in [-0.2, 0) is 0 Å². The standard InChI is InChI=1S/C18H18IN5Si/c1-25(2,3)18-12-24(22-21-18)15-7-4-13(5-8-15)16-11-23-10-14(19)6-9-17(23)20-16/h4-12H,1-3H3. The zero-order chi connectivity index (χ0) is 17.6. The topological polar surface area (TPSA) is 48.0 Å². The first-order valence-corrected chi connectivity index (χ1v) is 12.7. The Balaban J connectivity index is 1.66. The van der Waals surface area contributed by atoms with Crippen molar-refractivity contribution in [2.24, 2.45) is 0 Å². The molecule has 5 nitrogen and oxygen atoms in total. The van der Waals surface area contributed by atoms with E-state index in [9.17, 15) is 0 Å². The fraction of sp³-hybridized carbons (Fsp3) is 0.167. The van der Waals surface area contributed by atoms with Crippen molar-refractivity contribution in [3.8, 4) is 16.9 Å². The van der Waals surface area contributed by atoms with Crippen LogP contribution in [0, 0.1) is 3.57 Å². The molecule has 0 saturated carbocycles. The third-order valence-corrected chi connectivity index (χ3v) is 6.51. The van der Waals surface area contributed by atoms with Crippen molar-refractivity contribution in [3.05, 3.63) is 58.6 Å². The van der Waals surface area contributed by atoms with Crippen LogP contribution >= 0.6 is 22.6 Å². The lowest BCUT2D eigenvalue weighted by molar-refractivity contribution is 0.804. The largest absolute Gasteiger partial charge is 0.305 e. The summed E-state index contributed by atoms with van der Waals surface area (Å²) < 4.78 is 5.10. The minimum absolute atomic E-state index is 0.954. The summed E-state index contributed by atoms with van der Waals surface area (Å²) in [5.74, 6) is 0. The summed E-state index contributed by atoms with van der Waals surface area (Å²) in [6, 6.07) is 12.4. The van der Waals surface area contributed by atoms with Crippen LogP contribution < -0.4 is 5.32 Å². The summed E-state index contributed by atoms with van der Waals surface area (Å²) in [5.41, 5.74) is 4.03. The molecule has 0 amide bonds. The van der Waals surface area contributed by atoms with Gasteiger partial charge in [0.25, 0.3) is 0 Å². The second-order valence-electron chi connectivity index (χ2n) is 7.08. The van der Waals surface area contributed by atoms with Crippen molar-refractivity contribution in [1.82, 2.24) is 24.4 Å². The van der Waals surface area contributed by atoms with E-state index in [1.54, 1.807) is 0 Å². The molecule has 0 spiro atoms. The van der Waals surface area contributed by atoms with Gasteiger partial charge in [0, 0.05) is 27.7 Å². The number of hydrogen-bond acceptors (Lipinski definition) is 3. The van der Waals surface area contributed by atoms with E-state index in [0.29, 0.717) is 0 Å². The molecule has 0 unspecified atom stereocenters. The van der Waals surface area contributed by atoms with E-state index in [-0.39, 0.29) is 0 Å². The Morgan fingerprint density at radius 2 is 1.68 bits per heavy atom. The van der Waals surface area contributed by atoms with E-state index in [2.05, 4.69) is 99.7 Å². The van der Waals surface area contributed by atoms with Gasteiger partial charge in [-0.3, -0.25) is 0 Å². The molecule has 0 bridgehead atoms. The molecule has 0 aliphatic carbocycles. The van der Waals surface area contributed by atoms with Crippen molar-refractivity contribution in [3.63, 3.8) is 0 Å². The molecule has 7 heteroatoms. The highest BCUT2D eigenvalue weighted by Gasteiger charge is 2.20. The van der Waals surface area contributed by atoms with Crippen LogP contribution in [0.2, 0.25) is 19.6 Å². The van der Waals surface area contributed by atoms with Gasteiger partial charge < -0.3 is 4.40 Å². The van der Waals surface area contributed by atoms with E-state index in [1.807, 2.05) is 16.9 Å². The molecule has 0 aliphatic heterocycles. The van der Waals surface area contributed by atoms with Crippen LogP contribution in [0.15, 0.2) is 55.0 Å². The maximum atomic E-state index is 4.69. The molecule has 0 fully saturated rings. The van der Waals surface area contributed by atoms with Gasteiger partial charge in [-0.1, -0.05) is 37.0 Å². The van der Waals surface area contributed by atoms with Crippen molar-refractivity contribution < 1.29 is 0 Å². The van der Waals surface area contributed by atoms with Crippen LogP contribution in [0.25, 0.3) is 22.6 Å². The number of aromatic nitrogens is 5. The average molecular weight is 459 g/mol. The molecule has 1 aromatic carbocycles. The molecule has 3 heterocycles. The third kappa shape index (κ3) is 3.25. The molecule has 0 atom stereocenters. The number of imidazole rings is 1. The number of fused-ring (bicyclic) bond motifs is 1. The third-order valence-electron chi connectivity index (χ3n) is 4.10. The summed E-state index contributed by atoms with van der Waals surface area (Å²) in [5, 5.41) is 9.74. The molecule has 126 valence electrons. The number of benzene rings is 1. The molecule has 3 aromatic heterocycles. The maximum Gasteiger partial charge on any atom is 0.137 e. The van der Waals surface area contributed by atoms with Gasteiger partial charge in [0.05, 0.1) is 16.7 Å². The number of pyridine rings is 1. The lowest BCUT2D eigenvalue weighted by Crippen LogP contribution is -2.38. The average Bonchev–Trinajstić information content (AvgIpc) is 3.21. The molecule has 0 saturated heterocycles. The zero-order valence-corrected chi connectivity index (χ0v) is 17.5. The van der Waals surface area contributed by atoms with Crippen LogP contribution in [0.3, 0.4) is 0 Å². The van der Waals surface area contributed by atoms with Gasteiger partial charge in [-0.25, -0.2) is 9.67 Å². The predicted octanol–water partition coefficient (Wildman–Crippen LogP) is 3.73. The molecule has 4 aromatic rings. The monoisotopic (exact) mass is 459 g/mol. The summed E-state index contributed by atoms with van der Waals surface area (Å²) in [6.45, 7) is 6.82. The van der Waals surface area contributed by atoms with Gasteiger partial charge in [-0.15, -0.1) is 5.10 Å². The molecular weight excluding hydrogens is 441 g/mol. The lowest BCUT2D eigenvalue weighted by atomic mass is 10.1. The Morgan fingerprint density at radius 1 is 0.920 bits per heavy atom. The molecule has 4 rings (SSSR count). The van der Waals surface area contributed by atoms with Crippen LogP contribution in [0.1, 0.15) is 0 Å². The SMILES string of the molecule is C[Si](C)(C)c1cn(-c2ccc(-c3cn4cc(I)ccc4n3)cc2)nn1. The molecule has 25 heavy (non-hydrogen) atoms. The Labute approximate surface area is 160 Å². The van der Waals surface area contributed by atoms with Crippen molar-refractivity contribution in [2.45, 2.75) is 19.6 Å².